The number of hydrogen-bond acceptors (Lipinski definition) is 6. The molecule has 0 spiro atoms. The molecule has 6 aliphatic carbocycles. The highest BCUT2D eigenvalue weighted by Crippen LogP contribution is 2.48. The largest absolute Gasteiger partial charge is 1.00 e. The molecule has 6 aliphatic rings. The van der Waals surface area contributed by atoms with Gasteiger partial charge in [-0.1, -0.05) is 295 Å². The normalized spacial score (nSPS) is 22.5. The Morgan fingerprint density at radius 1 is 0.214 bits per heavy atom. The molecule has 6 fully saturated rings. The van der Waals surface area contributed by atoms with Crippen molar-refractivity contribution in [2.45, 2.75) is 303 Å². The lowest BCUT2D eigenvalue weighted by atomic mass is 9.72. The number of aliphatic hydroxyl groups is 6. The zero-order valence-corrected chi connectivity index (χ0v) is 93.7. The van der Waals surface area contributed by atoms with Gasteiger partial charge in [0.2, 0.25) is 0 Å². The van der Waals surface area contributed by atoms with Crippen LogP contribution in [0.1, 0.15) is 320 Å². The molecule has 0 radical (unpaired) electrons. The van der Waals surface area contributed by atoms with E-state index in [-0.39, 0.29) is 175 Å². The quantitative estimate of drug-likeness (QED) is 0.0411. The van der Waals surface area contributed by atoms with Crippen molar-refractivity contribution < 1.29 is 226 Å². The van der Waals surface area contributed by atoms with Gasteiger partial charge in [0.1, 0.15) is 0 Å². The van der Waals surface area contributed by atoms with Crippen LogP contribution in [-0.2, 0) is 0 Å². The maximum absolute atomic E-state index is 11.4. The molecule has 6 unspecified atom stereocenters. The SMILES string of the molecule is Cc1ccc(C(C[N+](C)(C)C)C2(O)CCCCC2)cc1.[2H]C([2H])(C(c1ccc(C)cc1)C1(O)CCCCC1)[N+](C)(C)C.[2H]C([2H])([2H])[N+](C)(C)C([2H])([2H])C(c1ccc(C)cc1)C1(O)CCCCC1.[2H]C([2H])([2H])[N+](C)(C)C([2H])([2H])C(c1ccc(C)cc1)C1(O)CCCCC1.[2H]C([2H])([2H])[N+](C)(C)CC(c1ccc(C)cc1)C1(O)CCCCC1.[2H]C([2H])([2H])[N+](C)(C)CC(c1ccc(C)cc1)C1(O)CCCCC1.[I-].[I-].[I-].[I-].[I-].[I-]. The summed E-state index contributed by atoms with van der Waals surface area (Å²) in [6.45, 7) is -1.16. The number of nitrogens with zero attached hydrogens (tertiary/aromatic N) is 6. The fraction of sp³-hybridized carbons (Fsp3) is 0.667. The highest BCUT2D eigenvalue weighted by Gasteiger charge is 2.48. The first-order valence-electron chi connectivity index (χ1n) is 54.8. The molecule has 6 saturated carbocycles. The molecule has 6 aromatic carbocycles. The molecular weight excluding hydrogens is 2240 g/mol. The van der Waals surface area contributed by atoms with Crippen LogP contribution in [0.15, 0.2) is 146 Å². The summed E-state index contributed by atoms with van der Waals surface area (Å²) < 4.78 is 146. The van der Waals surface area contributed by atoms with Crippen LogP contribution in [0, 0.1) is 41.5 Å². The minimum absolute atomic E-state index is 0. The Bertz CT molecular complexity index is 4490. The number of halogens is 6. The van der Waals surface area contributed by atoms with E-state index in [0.29, 0.717) is 62.7 Å². The van der Waals surface area contributed by atoms with Gasteiger partial charge in [-0.05, 0) is 152 Å². The number of rotatable bonds is 24. The van der Waals surface area contributed by atoms with Crippen molar-refractivity contribution in [2.75, 3.05) is 166 Å². The molecule has 12 nitrogen and oxygen atoms in total. The van der Waals surface area contributed by atoms with Crippen molar-refractivity contribution in [3.8, 4) is 0 Å². The smallest absolute Gasteiger partial charge is 0.0932 e. The third-order valence-electron chi connectivity index (χ3n) is 26.0. The van der Waals surface area contributed by atoms with Crippen LogP contribution < -0.4 is 144 Å². The monoisotopic (exact) mass is 2440 g/mol. The van der Waals surface area contributed by atoms with Crippen LogP contribution in [0.25, 0.3) is 0 Å². The lowest BCUT2D eigenvalue weighted by Gasteiger charge is -2.42. The molecule has 6 N–H and O–H groups in total. The third-order valence-corrected chi connectivity index (χ3v) is 26.0. The van der Waals surface area contributed by atoms with Crippen LogP contribution >= 0.6 is 0 Å². The maximum atomic E-state index is 11.4. The van der Waals surface area contributed by atoms with Gasteiger partial charge in [-0.3, -0.25) is 0 Å². The minimum atomic E-state index is -2.53. The first kappa shape index (κ1) is 94.2. The minimum Gasteiger partial charge on any atom is -1.00 e. The van der Waals surface area contributed by atoms with Crippen molar-refractivity contribution in [1.82, 2.24) is 0 Å². The first-order chi connectivity index (χ1) is 63.1. The Hall–Kier alpha value is -0.780. The van der Waals surface area contributed by atoms with E-state index in [4.69, 9.17) is 24.7 Å². The molecule has 0 amide bonds. The highest BCUT2D eigenvalue weighted by atomic mass is 127. The first-order valence-corrected chi connectivity index (χ1v) is 45.8. The van der Waals surface area contributed by atoms with Crippen LogP contribution in [0.3, 0.4) is 0 Å². The average Bonchev–Trinajstić information content (AvgIpc) is 0.728. The summed E-state index contributed by atoms with van der Waals surface area (Å²) in [7, 11) is 24.8. The van der Waals surface area contributed by atoms with E-state index in [1.54, 1.807) is 28.2 Å². The van der Waals surface area contributed by atoms with Crippen LogP contribution in [-0.4, -0.2) is 257 Å². The van der Waals surface area contributed by atoms with Crippen molar-refractivity contribution in [1.29, 1.82) is 0 Å². The number of quaternary nitrogens is 6. The van der Waals surface area contributed by atoms with E-state index in [2.05, 4.69) is 52.3 Å². The molecule has 0 aliphatic heterocycles. The molecule has 0 heterocycles. The number of likely N-dealkylation sites (N-methyl/N-ethyl adjacent to an activating group) is 6. The van der Waals surface area contributed by atoms with E-state index < -0.39 is 108 Å². The molecule has 720 valence electrons. The Kier molecular flexibility index (Phi) is 41.1. The number of aryl methyl sites for hydroxylation is 6. The van der Waals surface area contributed by atoms with Crippen LogP contribution in [0.4, 0.5) is 0 Å². The molecule has 6 aromatic rings. The van der Waals surface area contributed by atoms with E-state index in [9.17, 15) is 30.6 Å². The third kappa shape index (κ3) is 42.0. The topological polar surface area (TPSA) is 121 Å². The van der Waals surface area contributed by atoms with Gasteiger partial charge in [0.05, 0.1) is 259 Å². The van der Waals surface area contributed by atoms with Crippen molar-refractivity contribution in [3.63, 3.8) is 0 Å². The standard InChI is InChI=1S/6C18H30NO.6HI/c6*1-15-8-10-16(11-9-15)17(14-19(2,3)4)18(20)12-6-5-7-13-18;;;;;;/h6*8-11,17,20H,5-7,12-14H2,1-4H3;6*1H/q6*+1;;;;;;/p-6/i2*2D3,14D2;14D2;2*2D3;;;;;;;. The lowest BCUT2D eigenvalue weighted by molar-refractivity contribution is -0.872. The Balaban J connectivity index is 0.000000858. The second-order valence-electron chi connectivity index (χ2n) is 41.9. The second-order valence-corrected chi connectivity index (χ2v) is 41.9. The maximum Gasteiger partial charge on any atom is 0.0932 e. The molecule has 126 heavy (non-hydrogen) atoms. The van der Waals surface area contributed by atoms with Crippen molar-refractivity contribution >= 4 is 0 Å². The summed E-state index contributed by atoms with van der Waals surface area (Å²) in [5.41, 5.74) is 6.97. The van der Waals surface area contributed by atoms with Gasteiger partial charge in [0, 0.05) is 0 Å². The molecule has 0 aromatic heterocycles. The molecule has 6 atom stereocenters. The van der Waals surface area contributed by atoms with Gasteiger partial charge in [0.15, 0.2) is 0 Å². The Labute approximate surface area is 899 Å². The zero-order chi connectivity index (χ0) is 104. The lowest BCUT2D eigenvalue weighted by Crippen LogP contribution is -3.00. The summed E-state index contributed by atoms with van der Waals surface area (Å²) in [4.78, 5) is 0. The van der Waals surface area contributed by atoms with Gasteiger partial charge in [-0.2, -0.15) is 0 Å². The number of hydrogen-bond donors (Lipinski definition) is 6. The summed E-state index contributed by atoms with van der Waals surface area (Å²) in [6, 6.07) is 48.0. The van der Waals surface area contributed by atoms with Gasteiger partial charge >= 0.3 is 0 Å². The molecule has 12 rings (SSSR count). The van der Waals surface area contributed by atoms with Crippen LogP contribution in [0.2, 0.25) is 0 Å². The average molecular weight is 2440 g/mol. The van der Waals surface area contributed by atoms with E-state index in [0.717, 1.165) is 192 Å². The fourth-order valence-electron chi connectivity index (χ4n) is 19.3. The van der Waals surface area contributed by atoms with Gasteiger partial charge in [-0.15, -0.1) is 0 Å². The predicted molar refractivity (Wildman–Crippen MR) is 509 cm³/mol. The van der Waals surface area contributed by atoms with Crippen LogP contribution in [0.5, 0.6) is 0 Å². The predicted octanol–water partition coefficient (Wildman–Crippen LogP) is 2.90. The summed E-state index contributed by atoms with van der Waals surface area (Å²) in [5, 5.41) is 67.9. The molecule has 18 heteroatoms. The summed E-state index contributed by atoms with van der Waals surface area (Å²) in [6.07, 6.45) is 26.7. The fourth-order valence-corrected chi connectivity index (χ4v) is 19.3. The van der Waals surface area contributed by atoms with Crippen molar-refractivity contribution in [2.24, 2.45) is 0 Å². The van der Waals surface area contributed by atoms with Gasteiger partial charge in [-0.25, -0.2) is 0 Å². The molecular formula is C108H180I6N6O6. The number of benzene rings is 6. The van der Waals surface area contributed by atoms with E-state index in [1.165, 1.54) is 56.9 Å². The summed E-state index contributed by atoms with van der Waals surface area (Å²) >= 11 is 0. The zero-order valence-electron chi connectivity index (χ0n) is 98.8. The van der Waals surface area contributed by atoms with E-state index in [1.807, 2.05) is 177 Å². The van der Waals surface area contributed by atoms with Gasteiger partial charge < -0.3 is 201 Å². The Morgan fingerprint density at radius 3 is 0.492 bits per heavy atom. The Morgan fingerprint density at radius 2 is 0.349 bits per heavy atom. The van der Waals surface area contributed by atoms with E-state index >= 15 is 0 Å². The van der Waals surface area contributed by atoms with Crippen molar-refractivity contribution in [3.05, 3.63) is 212 Å². The summed E-state index contributed by atoms with van der Waals surface area (Å²) in [5.74, 6) is -2.39. The molecule has 0 bridgehead atoms. The molecule has 0 saturated heterocycles. The highest BCUT2D eigenvalue weighted by molar-refractivity contribution is 5.33. The van der Waals surface area contributed by atoms with Gasteiger partial charge in [0.25, 0.3) is 0 Å². The second kappa shape index (κ2) is 55.0.